The van der Waals surface area contributed by atoms with Crippen molar-refractivity contribution in [3.63, 3.8) is 0 Å². The van der Waals surface area contributed by atoms with E-state index in [1.807, 2.05) is 30.4 Å². The summed E-state index contributed by atoms with van der Waals surface area (Å²) in [4.78, 5) is 12.8. The number of rotatable bonds is 19. The van der Waals surface area contributed by atoms with E-state index in [1.54, 1.807) is 6.08 Å². The summed E-state index contributed by atoms with van der Waals surface area (Å²) in [6, 6.07) is 31.8. The first-order valence-corrected chi connectivity index (χ1v) is 24.6. The van der Waals surface area contributed by atoms with Crippen molar-refractivity contribution in [2.45, 2.75) is 118 Å². The first kappa shape index (κ1) is 45.1. The number of hydrogen-bond donors (Lipinski definition) is 1. The number of benzene rings is 3. The van der Waals surface area contributed by atoms with Crippen molar-refractivity contribution in [3.05, 3.63) is 133 Å². The monoisotopic (exact) mass is 767 g/mol. The number of amides is 1. The lowest BCUT2D eigenvalue weighted by Crippen LogP contribution is -2.67. The molecule has 3 aromatic rings. The van der Waals surface area contributed by atoms with Crippen LogP contribution in [0.5, 0.6) is 0 Å². The van der Waals surface area contributed by atoms with Gasteiger partial charge in [0.15, 0.2) is 8.32 Å². The molecule has 1 N–H and O–H groups in total. The zero-order chi connectivity index (χ0) is 40.0. The smallest absolute Gasteiger partial charge is 0.261 e. The molecule has 0 heterocycles. The van der Waals surface area contributed by atoms with Crippen LogP contribution in [0.3, 0.4) is 0 Å². The Morgan fingerprint density at radius 3 is 1.81 bits per heavy atom. The molecule has 54 heavy (non-hydrogen) atoms. The van der Waals surface area contributed by atoms with E-state index in [0.29, 0.717) is 25.7 Å². The Morgan fingerprint density at radius 1 is 0.778 bits per heavy atom. The fourth-order valence-corrected chi connectivity index (χ4v) is 12.3. The van der Waals surface area contributed by atoms with E-state index in [2.05, 4.69) is 173 Å². The van der Waals surface area contributed by atoms with Gasteiger partial charge < -0.3 is 18.9 Å². The van der Waals surface area contributed by atoms with Crippen molar-refractivity contribution >= 4 is 32.9 Å². The molecule has 1 amide bonds. The first-order valence-electron chi connectivity index (χ1n) is 19.8. The molecule has 0 unspecified atom stereocenters. The molecule has 0 radical (unpaired) electrons. The average molecular weight is 768 g/mol. The molecule has 0 aliphatic carbocycles. The summed E-state index contributed by atoms with van der Waals surface area (Å²) >= 11 is 0. The minimum absolute atomic E-state index is 0.00763. The second-order valence-electron chi connectivity index (χ2n) is 17.5. The van der Waals surface area contributed by atoms with Gasteiger partial charge in [-0.05, 0) is 64.4 Å². The third-order valence-corrected chi connectivity index (χ3v) is 20.3. The predicted molar refractivity (Wildman–Crippen MR) is 234 cm³/mol. The van der Waals surface area contributed by atoms with Crippen molar-refractivity contribution in [2.75, 3.05) is 13.2 Å². The number of carbonyl (C=O) groups is 1. The van der Waals surface area contributed by atoms with Crippen LogP contribution in [-0.4, -0.2) is 47.9 Å². The van der Waals surface area contributed by atoms with Crippen LogP contribution in [0.2, 0.25) is 23.2 Å². The number of carbonyl (C=O) groups excluding carboxylic acids is 1. The molecule has 3 rings (SSSR count). The van der Waals surface area contributed by atoms with Crippen molar-refractivity contribution in [1.29, 1.82) is 0 Å². The SMILES string of the molecule is CC(/C=C/CNC(=O)/C=C/[C@@H](C)[C@H](OCc1ccccc1)C(C)C)=C\[C@H](CCO[Si](C)(C)C(C)(C)C)O[Si](c1ccccc1)(c1ccccc1)C(C)(C)C. The molecule has 0 spiro atoms. The van der Waals surface area contributed by atoms with E-state index >= 15 is 0 Å². The summed E-state index contributed by atoms with van der Waals surface area (Å²) in [5, 5.41) is 5.51. The molecule has 0 saturated heterocycles. The van der Waals surface area contributed by atoms with Crippen LogP contribution in [0, 0.1) is 11.8 Å². The molecule has 5 nitrogen and oxygen atoms in total. The number of ether oxygens (including phenoxy) is 1. The Kier molecular flexibility index (Phi) is 17.1. The molecule has 0 saturated carbocycles. The summed E-state index contributed by atoms with van der Waals surface area (Å²) in [6.07, 6.45) is 10.5. The van der Waals surface area contributed by atoms with Gasteiger partial charge in [-0.1, -0.05) is 183 Å². The van der Waals surface area contributed by atoms with Crippen LogP contribution in [0.1, 0.15) is 81.2 Å². The van der Waals surface area contributed by atoms with Gasteiger partial charge in [-0.2, -0.15) is 0 Å². The Labute approximate surface area is 330 Å². The number of nitrogens with one attached hydrogen (secondary N) is 1. The minimum atomic E-state index is -2.81. The van der Waals surface area contributed by atoms with Crippen LogP contribution in [0.25, 0.3) is 0 Å². The highest BCUT2D eigenvalue weighted by Gasteiger charge is 2.51. The molecule has 0 aliphatic heterocycles. The molecule has 3 aromatic carbocycles. The molecule has 0 bridgehead atoms. The first-order chi connectivity index (χ1) is 25.4. The van der Waals surface area contributed by atoms with Gasteiger partial charge in [0.2, 0.25) is 5.91 Å². The quantitative estimate of drug-likeness (QED) is 0.0750. The van der Waals surface area contributed by atoms with Crippen molar-refractivity contribution in [1.82, 2.24) is 5.32 Å². The van der Waals surface area contributed by atoms with E-state index in [1.165, 1.54) is 10.4 Å². The Bertz CT molecular complexity index is 1600. The predicted octanol–water partition coefficient (Wildman–Crippen LogP) is 10.4. The third-order valence-electron chi connectivity index (χ3n) is 10.7. The van der Waals surface area contributed by atoms with Crippen LogP contribution in [0.15, 0.2) is 127 Å². The Balaban J connectivity index is 1.78. The maximum absolute atomic E-state index is 12.8. The summed E-state index contributed by atoms with van der Waals surface area (Å²) in [6.45, 7) is 28.6. The average Bonchev–Trinajstić information content (AvgIpc) is 3.11. The normalized spacial score (nSPS) is 15.2. The van der Waals surface area contributed by atoms with Crippen molar-refractivity contribution in [2.24, 2.45) is 11.8 Å². The lowest BCUT2D eigenvalue weighted by molar-refractivity contribution is -0.116. The number of allylic oxidation sites excluding steroid dienone is 2. The Morgan fingerprint density at radius 2 is 1.31 bits per heavy atom. The van der Waals surface area contributed by atoms with Crippen LogP contribution < -0.4 is 15.7 Å². The van der Waals surface area contributed by atoms with Crippen LogP contribution in [0.4, 0.5) is 0 Å². The standard InChI is InChI=1S/C47H69NO4Si2/c1-37(2)45(50-36-40-24-16-13-17-25-40)39(4)30-31-44(49)48-33-22-23-38(3)35-41(32-34-51-53(11,12)46(5,6)7)52-54(47(8,9)10,42-26-18-14-19-27-42)43-28-20-15-21-29-43/h13-31,35,37,39,41,45H,32-34,36H2,1-12H3,(H,48,49)/b23-22+,31-30+,38-35+/t39-,41+,45-/m1/s1. The van der Waals surface area contributed by atoms with Gasteiger partial charge in [-0.3, -0.25) is 4.79 Å². The Hall–Kier alpha value is -3.34. The van der Waals surface area contributed by atoms with Crippen molar-refractivity contribution in [3.8, 4) is 0 Å². The molecule has 3 atom stereocenters. The fourth-order valence-electron chi connectivity index (χ4n) is 6.62. The highest BCUT2D eigenvalue weighted by atomic mass is 28.4. The summed E-state index contributed by atoms with van der Waals surface area (Å²) in [5.74, 6) is 0.291. The minimum Gasteiger partial charge on any atom is -0.417 e. The zero-order valence-electron chi connectivity index (χ0n) is 35.3. The third kappa shape index (κ3) is 13.2. The lowest BCUT2D eigenvalue weighted by Gasteiger charge is -2.45. The topological polar surface area (TPSA) is 56.8 Å². The van der Waals surface area contributed by atoms with E-state index in [4.69, 9.17) is 13.6 Å². The van der Waals surface area contributed by atoms with Gasteiger partial charge in [0.1, 0.15) is 0 Å². The second kappa shape index (κ2) is 20.5. The fraction of sp³-hybridized carbons (Fsp3) is 0.468. The molecular weight excluding hydrogens is 699 g/mol. The molecule has 7 heteroatoms. The highest BCUT2D eigenvalue weighted by molar-refractivity contribution is 6.99. The maximum atomic E-state index is 12.8. The van der Waals surface area contributed by atoms with E-state index in [-0.39, 0.29) is 34.1 Å². The van der Waals surface area contributed by atoms with Gasteiger partial charge in [0.25, 0.3) is 8.32 Å². The zero-order valence-corrected chi connectivity index (χ0v) is 37.3. The van der Waals surface area contributed by atoms with E-state index in [0.717, 1.165) is 17.6 Å². The van der Waals surface area contributed by atoms with Gasteiger partial charge in [-0.25, -0.2) is 0 Å². The summed E-state index contributed by atoms with van der Waals surface area (Å²) in [5.41, 5.74) is 2.23. The van der Waals surface area contributed by atoms with Gasteiger partial charge >= 0.3 is 0 Å². The van der Waals surface area contributed by atoms with Crippen LogP contribution >= 0.6 is 0 Å². The van der Waals surface area contributed by atoms with Gasteiger partial charge in [-0.15, -0.1) is 0 Å². The highest BCUT2D eigenvalue weighted by Crippen LogP contribution is 2.39. The van der Waals surface area contributed by atoms with E-state index < -0.39 is 16.6 Å². The molecule has 0 aliphatic rings. The van der Waals surface area contributed by atoms with Gasteiger partial charge in [0, 0.05) is 19.1 Å². The van der Waals surface area contributed by atoms with Crippen molar-refractivity contribution < 1.29 is 18.4 Å². The van der Waals surface area contributed by atoms with Gasteiger partial charge in [0.05, 0.1) is 18.8 Å². The summed E-state index contributed by atoms with van der Waals surface area (Å²) < 4.78 is 20.6. The molecule has 294 valence electrons. The number of hydrogen-bond acceptors (Lipinski definition) is 4. The summed E-state index contributed by atoms with van der Waals surface area (Å²) in [7, 11) is -4.76. The second-order valence-corrected chi connectivity index (χ2v) is 26.6. The maximum Gasteiger partial charge on any atom is 0.261 e. The molecular formula is C47H69NO4Si2. The molecule has 0 aromatic heterocycles. The lowest BCUT2D eigenvalue weighted by atomic mass is 9.94. The van der Waals surface area contributed by atoms with E-state index in [9.17, 15) is 4.79 Å². The largest absolute Gasteiger partial charge is 0.417 e. The van der Waals surface area contributed by atoms with Crippen LogP contribution in [-0.2, 0) is 25.0 Å². The molecule has 0 fully saturated rings.